The Morgan fingerprint density at radius 3 is 2.29 bits per heavy atom. The Morgan fingerprint density at radius 1 is 1.21 bits per heavy atom. The number of sulfonamides is 1. The minimum absolute atomic E-state index is 0.184. The van der Waals surface area contributed by atoms with Gasteiger partial charge in [-0.3, -0.25) is 0 Å². The molecule has 0 fully saturated rings. The largest absolute Gasteiger partial charge is 0.465 e. The van der Waals surface area contributed by atoms with Crippen LogP contribution in [0.15, 0.2) is 23.1 Å². The lowest BCUT2D eigenvalue weighted by Gasteiger charge is -2.16. The van der Waals surface area contributed by atoms with E-state index in [0.717, 1.165) is 32.4 Å². The third kappa shape index (κ3) is 4.69. The Morgan fingerprint density at radius 2 is 1.79 bits per heavy atom. The summed E-state index contributed by atoms with van der Waals surface area (Å²) >= 11 is 0. The van der Waals surface area contributed by atoms with Gasteiger partial charge in [-0.05, 0) is 18.2 Å². The summed E-state index contributed by atoms with van der Waals surface area (Å²) in [5.41, 5.74) is 4.23. The molecule has 0 aliphatic carbocycles. The van der Waals surface area contributed by atoms with Gasteiger partial charge in [-0.2, -0.15) is 0 Å². The minimum Gasteiger partial charge on any atom is -0.465 e. The number of carbonyl (C=O) groups is 2. The number of alkyl halides is 2. The van der Waals surface area contributed by atoms with Crippen molar-refractivity contribution in [1.29, 1.82) is 0 Å². The summed E-state index contributed by atoms with van der Waals surface area (Å²) in [5, 5.41) is 0. The second-order valence-electron chi connectivity index (χ2n) is 4.58. The van der Waals surface area contributed by atoms with Crippen LogP contribution in [0.3, 0.4) is 0 Å². The molecule has 0 saturated carbocycles. The standard InChI is InChI=1S/C13H16F2N2O6S/c1-22-11(18)8-3-4-9(12(19)23-2)10(5-8)24(20,21)17-7-13(14,15)6-16/h3-5,17H,6-7,16H2,1-2H3. The molecule has 3 N–H and O–H groups in total. The summed E-state index contributed by atoms with van der Waals surface area (Å²) in [6.45, 7) is -2.34. The van der Waals surface area contributed by atoms with E-state index < -0.39 is 51.4 Å². The fourth-order valence-electron chi connectivity index (χ4n) is 1.62. The van der Waals surface area contributed by atoms with Gasteiger partial charge in [0.25, 0.3) is 5.92 Å². The van der Waals surface area contributed by atoms with Crippen molar-refractivity contribution in [2.75, 3.05) is 27.3 Å². The van der Waals surface area contributed by atoms with E-state index in [1.807, 2.05) is 0 Å². The number of hydrogen-bond donors (Lipinski definition) is 2. The molecule has 0 unspecified atom stereocenters. The second kappa shape index (κ2) is 7.64. The van der Waals surface area contributed by atoms with E-state index in [-0.39, 0.29) is 5.56 Å². The Kier molecular flexibility index (Phi) is 6.35. The van der Waals surface area contributed by atoms with E-state index in [1.165, 1.54) is 0 Å². The third-order valence-electron chi connectivity index (χ3n) is 2.92. The van der Waals surface area contributed by atoms with E-state index >= 15 is 0 Å². The molecule has 134 valence electrons. The number of ether oxygens (including phenoxy) is 2. The smallest absolute Gasteiger partial charge is 0.339 e. The fraction of sp³-hybridized carbons (Fsp3) is 0.385. The highest BCUT2D eigenvalue weighted by Gasteiger charge is 2.31. The van der Waals surface area contributed by atoms with E-state index in [1.54, 1.807) is 4.72 Å². The number of esters is 2. The minimum atomic E-state index is -4.55. The van der Waals surface area contributed by atoms with Crippen LogP contribution < -0.4 is 10.5 Å². The molecule has 1 rings (SSSR count). The van der Waals surface area contributed by atoms with Crippen LogP contribution in [0, 0.1) is 0 Å². The fourth-order valence-corrected chi connectivity index (χ4v) is 2.90. The maximum absolute atomic E-state index is 13.2. The quantitative estimate of drug-likeness (QED) is 0.657. The van der Waals surface area contributed by atoms with Crippen LogP contribution in [0.4, 0.5) is 8.78 Å². The average molecular weight is 366 g/mol. The maximum atomic E-state index is 13.2. The molecule has 1 aromatic rings. The molecule has 0 bridgehead atoms. The molecular weight excluding hydrogens is 350 g/mol. The molecular formula is C13H16F2N2O6S. The molecule has 0 amide bonds. The molecule has 11 heteroatoms. The zero-order valence-electron chi connectivity index (χ0n) is 12.8. The van der Waals surface area contributed by atoms with Gasteiger partial charge in [0.05, 0.1) is 43.3 Å². The van der Waals surface area contributed by atoms with Crippen LogP contribution in [0.1, 0.15) is 20.7 Å². The topological polar surface area (TPSA) is 125 Å². The number of methoxy groups -OCH3 is 2. The van der Waals surface area contributed by atoms with Crippen molar-refractivity contribution in [3.05, 3.63) is 29.3 Å². The third-order valence-corrected chi connectivity index (χ3v) is 4.36. The van der Waals surface area contributed by atoms with Crippen molar-refractivity contribution in [3.8, 4) is 0 Å². The van der Waals surface area contributed by atoms with Crippen molar-refractivity contribution in [2.45, 2.75) is 10.8 Å². The number of nitrogens with two attached hydrogens (primary N) is 1. The zero-order chi connectivity index (χ0) is 18.5. The SMILES string of the molecule is COC(=O)c1ccc(C(=O)OC)c(S(=O)(=O)NCC(F)(F)CN)c1. The number of hydrogen-bond acceptors (Lipinski definition) is 7. The lowest BCUT2D eigenvalue weighted by molar-refractivity contribution is 0.0170. The summed E-state index contributed by atoms with van der Waals surface area (Å²) in [6, 6.07) is 3.00. The van der Waals surface area contributed by atoms with Gasteiger partial charge in [-0.25, -0.2) is 31.5 Å². The first-order valence-electron chi connectivity index (χ1n) is 6.46. The number of halogens is 2. The van der Waals surface area contributed by atoms with Gasteiger partial charge < -0.3 is 15.2 Å². The first-order chi connectivity index (χ1) is 11.1. The number of nitrogens with one attached hydrogen (secondary N) is 1. The monoisotopic (exact) mass is 366 g/mol. The molecule has 0 atom stereocenters. The van der Waals surface area contributed by atoms with Crippen molar-refractivity contribution in [1.82, 2.24) is 4.72 Å². The highest BCUT2D eigenvalue weighted by atomic mass is 32.2. The molecule has 0 saturated heterocycles. The first-order valence-corrected chi connectivity index (χ1v) is 7.94. The van der Waals surface area contributed by atoms with Crippen LogP contribution in [0.5, 0.6) is 0 Å². The maximum Gasteiger partial charge on any atom is 0.339 e. The number of carbonyl (C=O) groups excluding carboxylic acids is 2. The molecule has 1 aromatic carbocycles. The number of benzene rings is 1. The highest BCUT2D eigenvalue weighted by molar-refractivity contribution is 7.89. The first kappa shape index (κ1) is 19.9. The molecule has 0 heterocycles. The van der Waals surface area contributed by atoms with Crippen LogP contribution >= 0.6 is 0 Å². The van der Waals surface area contributed by atoms with E-state index in [0.29, 0.717) is 0 Å². The van der Waals surface area contributed by atoms with Gasteiger partial charge >= 0.3 is 11.9 Å². The molecule has 0 radical (unpaired) electrons. The Hall–Kier alpha value is -2.11. The van der Waals surface area contributed by atoms with Gasteiger partial charge in [-0.15, -0.1) is 0 Å². The zero-order valence-corrected chi connectivity index (χ0v) is 13.7. The van der Waals surface area contributed by atoms with Crippen LogP contribution in [-0.4, -0.2) is 53.6 Å². The summed E-state index contributed by atoms with van der Waals surface area (Å²) in [6.07, 6.45) is 0. The van der Waals surface area contributed by atoms with Crippen LogP contribution in [0.25, 0.3) is 0 Å². The van der Waals surface area contributed by atoms with Crippen molar-refractivity contribution >= 4 is 22.0 Å². The Balaban J connectivity index is 3.35. The molecule has 24 heavy (non-hydrogen) atoms. The predicted molar refractivity (Wildman–Crippen MR) is 78.3 cm³/mol. The van der Waals surface area contributed by atoms with Gasteiger partial charge in [-0.1, -0.05) is 0 Å². The van der Waals surface area contributed by atoms with Crippen molar-refractivity contribution in [2.24, 2.45) is 5.73 Å². The van der Waals surface area contributed by atoms with Crippen LogP contribution in [0.2, 0.25) is 0 Å². The van der Waals surface area contributed by atoms with Gasteiger partial charge in [0.15, 0.2) is 0 Å². The van der Waals surface area contributed by atoms with Gasteiger partial charge in [0.1, 0.15) is 0 Å². The molecule has 8 nitrogen and oxygen atoms in total. The lowest BCUT2D eigenvalue weighted by atomic mass is 10.1. The lowest BCUT2D eigenvalue weighted by Crippen LogP contribution is -2.41. The van der Waals surface area contributed by atoms with Crippen molar-refractivity contribution < 1.29 is 36.3 Å². The normalized spacial score (nSPS) is 11.9. The van der Waals surface area contributed by atoms with Crippen LogP contribution in [-0.2, 0) is 19.5 Å². The van der Waals surface area contributed by atoms with E-state index in [4.69, 9.17) is 5.73 Å². The Labute approximate surface area is 137 Å². The molecule has 0 aliphatic heterocycles. The summed E-state index contributed by atoms with van der Waals surface area (Å²) in [7, 11) is -2.46. The summed E-state index contributed by atoms with van der Waals surface area (Å²) < 4.78 is 61.4. The van der Waals surface area contributed by atoms with Gasteiger partial charge in [0.2, 0.25) is 10.0 Å². The van der Waals surface area contributed by atoms with Gasteiger partial charge in [0, 0.05) is 0 Å². The Bertz CT molecular complexity index is 736. The molecule has 0 aliphatic rings. The molecule has 0 spiro atoms. The highest BCUT2D eigenvalue weighted by Crippen LogP contribution is 2.20. The predicted octanol–water partition coefficient (Wildman–Crippen LogP) is 0.132. The second-order valence-corrected chi connectivity index (χ2v) is 6.31. The number of rotatable bonds is 7. The molecule has 0 aromatic heterocycles. The van der Waals surface area contributed by atoms with E-state index in [9.17, 15) is 26.8 Å². The van der Waals surface area contributed by atoms with Crippen molar-refractivity contribution in [3.63, 3.8) is 0 Å². The summed E-state index contributed by atoms with van der Waals surface area (Å²) in [4.78, 5) is 22.5. The van der Waals surface area contributed by atoms with E-state index in [2.05, 4.69) is 9.47 Å². The average Bonchev–Trinajstić information content (AvgIpc) is 2.58. The summed E-state index contributed by atoms with van der Waals surface area (Å²) in [5.74, 6) is -5.36.